The van der Waals surface area contributed by atoms with Crippen molar-refractivity contribution in [2.45, 2.75) is 32.7 Å². The summed E-state index contributed by atoms with van der Waals surface area (Å²) >= 11 is 1.80. The minimum atomic E-state index is -0.213. The Morgan fingerprint density at radius 2 is 2.18 bits per heavy atom. The van der Waals surface area contributed by atoms with Gasteiger partial charge in [-0.25, -0.2) is 4.98 Å². The van der Waals surface area contributed by atoms with Gasteiger partial charge >= 0.3 is 0 Å². The van der Waals surface area contributed by atoms with Crippen LogP contribution in [0.5, 0.6) is 0 Å². The predicted octanol–water partition coefficient (Wildman–Crippen LogP) is 2.16. The van der Waals surface area contributed by atoms with Gasteiger partial charge in [-0.15, -0.1) is 0 Å². The van der Waals surface area contributed by atoms with Crippen LogP contribution in [0, 0.1) is 0 Å². The molecule has 0 spiro atoms. The normalized spacial score (nSPS) is 11.5. The molecule has 0 unspecified atom stereocenters. The Morgan fingerprint density at radius 3 is 2.76 bits per heavy atom. The highest BCUT2D eigenvalue weighted by Gasteiger charge is 2.16. The third-order valence-corrected chi connectivity index (χ3v) is 3.08. The van der Waals surface area contributed by atoms with Crippen LogP contribution in [0.2, 0.25) is 0 Å². The Hall–Kier alpha value is -0.970. The van der Waals surface area contributed by atoms with Gasteiger partial charge in [0.1, 0.15) is 0 Å². The molecule has 0 fully saturated rings. The molecule has 1 heterocycles. The van der Waals surface area contributed by atoms with Crippen molar-refractivity contribution in [3.05, 3.63) is 22.7 Å². The van der Waals surface area contributed by atoms with Crippen molar-refractivity contribution in [3.8, 4) is 0 Å². The van der Waals surface area contributed by atoms with Gasteiger partial charge in [-0.05, 0) is 39.2 Å². The SMILES string of the molecule is CSCCCNc1nccn(C(C)(C)C)c1=O. The van der Waals surface area contributed by atoms with Crippen LogP contribution in [0.4, 0.5) is 5.82 Å². The molecule has 0 bridgehead atoms. The molecule has 0 atom stereocenters. The van der Waals surface area contributed by atoms with E-state index in [1.165, 1.54) is 0 Å². The topological polar surface area (TPSA) is 46.9 Å². The molecule has 96 valence electrons. The number of aromatic nitrogens is 2. The molecule has 1 rings (SSSR count). The van der Waals surface area contributed by atoms with Crippen LogP contribution in [0.3, 0.4) is 0 Å². The molecule has 0 aliphatic rings. The average Bonchev–Trinajstić information content (AvgIpc) is 2.25. The predicted molar refractivity (Wildman–Crippen MR) is 75.0 cm³/mol. The maximum absolute atomic E-state index is 12.1. The summed E-state index contributed by atoms with van der Waals surface area (Å²) in [4.78, 5) is 16.2. The van der Waals surface area contributed by atoms with Gasteiger partial charge in [-0.1, -0.05) is 0 Å². The van der Waals surface area contributed by atoms with Crippen LogP contribution >= 0.6 is 11.8 Å². The summed E-state index contributed by atoms with van der Waals surface area (Å²) in [5.74, 6) is 1.54. The summed E-state index contributed by atoms with van der Waals surface area (Å²) in [6.07, 6.45) is 6.51. The van der Waals surface area contributed by atoms with Crippen molar-refractivity contribution in [2.24, 2.45) is 0 Å². The van der Waals surface area contributed by atoms with Crippen LogP contribution in [0.1, 0.15) is 27.2 Å². The van der Waals surface area contributed by atoms with Crippen molar-refractivity contribution in [1.29, 1.82) is 0 Å². The van der Waals surface area contributed by atoms with E-state index in [1.54, 1.807) is 28.7 Å². The lowest BCUT2D eigenvalue weighted by Gasteiger charge is -2.22. The summed E-state index contributed by atoms with van der Waals surface area (Å²) in [7, 11) is 0. The Bertz CT molecular complexity index is 409. The Kier molecular flexibility index (Phi) is 5.05. The minimum absolute atomic E-state index is 0.0517. The monoisotopic (exact) mass is 255 g/mol. The second-order valence-electron chi connectivity index (χ2n) is 4.89. The quantitative estimate of drug-likeness (QED) is 0.819. The molecule has 1 N–H and O–H groups in total. The van der Waals surface area contributed by atoms with Crippen LogP contribution in [-0.2, 0) is 5.54 Å². The van der Waals surface area contributed by atoms with Crippen LogP contribution in [-0.4, -0.2) is 28.1 Å². The molecule has 17 heavy (non-hydrogen) atoms. The van der Waals surface area contributed by atoms with Crippen molar-refractivity contribution in [2.75, 3.05) is 23.9 Å². The first-order chi connectivity index (χ1) is 7.96. The first-order valence-electron chi connectivity index (χ1n) is 5.78. The molecule has 0 aliphatic heterocycles. The third kappa shape index (κ3) is 4.07. The van der Waals surface area contributed by atoms with Crippen LogP contribution in [0.15, 0.2) is 17.2 Å². The number of hydrogen-bond acceptors (Lipinski definition) is 4. The highest BCUT2D eigenvalue weighted by molar-refractivity contribution is 7.98. The summed E-state index contributed by atoms with van der Waals surface area (Å²) < 4.78 is 1.71. The Labute approximate surface area is 107 Å². The summed E-state index contributed by atoms with van der Waals surface area (Å²) in [6, 6.07) is 0. The van der Waals surface area contributed by atoms with Gasteiger partial charge in [0.2, 0.25) is 0 Å². The molecule has 1 aromatic rings. The molecule has 0 aliphatic carbocycles. The standard InChI is InChI=1S/C12H21N3OS/c1-12(2,3)15-8-7-14-10(11(15)16)13-6-5-9-17-4/h7-8H,5-6,9H2,1-4H3,(H,13,14). The highest BCUT2D eigenvalue weighted by Crippen LogP contribution is 2.10. The fourth-order valence-corrected chi connectivity index (χ4v) is 1.92. The van der Waals surface area contributed by atoms with Crippen LogP contribution < -0.4 is 10.9 Å². The molecule has 1 aromatic heterocycles. The van der Waals surface area contributed by atoms with E-state index in [0.29, 0.717) is 5.82 Å². The smallest absolute Gasteiger partial charge is 0.293 e. The van der Waals surface area contributed by atoms with Crippen molar-refractivity contribution >= 4 is 17.6 Å². The molecule has 0 saturated heterocycles. The Balaban J connectivity index is 2.78. The summed E-state index contributed by atoms with van der Waals surface area (Å²) in [5.41, 5.74) is -0.264. The lowest BCUT2D eigenvalue weighted by Crippen LogP contribution is -2.35. The number of nitrogens with zero attached hydrogens (tertiary/aromatic N) is 2. The maximum Gasteiger partial charge on any atom is 0.293 e. The average molecular weight is 255 g/mol. The van der Waals surface area contributed by atoms with Gasteiger partial charge < -0.3 is 9.88 Å². The summed E-state index contributed by atoms with van der Waals surface area (Å²) in [6.45, 7) is 6.81. The van der Waals surface area contributed by atoms with Gasteiger partial charge in [-0.2, -0.15) is 11.8 Å². The van der Waals surface area contributed by atoms with E-state index < -0.39 is 0 Å². The van der Waals surface area contributed by atoms with E-state index >= 15 is 0 Å². The first-order valence-corrected chi connectivity index (χ1v) is 7.17. The van der Waals surface area contributed by atoms with E-state index in [-0.39, 0.29) is 11.1 Å². The summed E-state index contributed by atoms with van der Waals surface area (Å²) in [5, 5.41) is 3.10. The van der Waals surface area contributed by atoms with E-state index in [1.807, 2.05) is 20.8 Å². The van der Waals surface area contributed by atoms with Gasteiger partial charge in [0.25, 0.3) is 5.56 Å². The lowest BCUT2D eigenvalue weighted by molar-refractivity contribution is 0.383. The number of nitrogens with one attached hydrogen (secondary N) is 1. The second-order valence-corrected chi connectivity index (χ2v) is 5.88. The van der Waals surface area contributed by atoms with E-state index in [4.69, 9.17) is 0 Å². The zero-order chi connectivity index (χ0) is 12.9. The number of hydrogen-bond donors (Lipinski definition) is 1. The van der Waals surface area contributed by atoms with E-state index in [0.717, 1.165) is 18.7 Å². The zero-order valence-electron chi connectivity index (χ0n) is 11.0. The molecule has 0 radical (unpaired) electrons. The van der Waals surface area contributed by atoms with Gasteiger partial charge in [-0.3, -0.25) is 4.79 Å². The number of thioether (sulfide) groups is 1. The van der Waals surface area contributed by atoms with Gasteiger partial charge in [0.15, 0.2) is 5.82 Å². The largest absolute Gasteiger partial charge is 0.365 e. The van der Waals surface area contributed by atoms with E-state index in [9.17, 15) is 4.79 Å². The number of rotatable bonds is 5. The fourth-order valence-electron chi connectivity index (χ4n) is 1.48. The first kappa shape index (κ1) is 14.1. The molecule has 4 nitrogen and oxygen atoms in total. The number of anilines is 1. The molecule has 0 saturated carbocycles. The van der Waals surface area contributed by atoms with Gasteiger partial charge in [0, 0.05) is 24.5 Å². The molecule has 5 heteroatoms. The van der Waals surface area contributed by atoms with E-state index in [2.05, 4.69) is 16.6 Å². The van der Waals surface area contributed by atoms with Crippen molar-refractivity contribution in [3.63, 3.8) is 0 Å². The zero-order valence-corrected chi connectivity index (χ0v) is 11.8. The highest BCUT2D eigenvalue weighted by atomic mass is 32.2. The molecular weight excluding hydrogens is 234 g/mol. The van der Waals surface area contributed by atoms with Gasteiger partial charge in [0.05, 0.1) is 0 Å². The molecule has 0 amide bonds. The third-order valence-electron chi connectivity index (χ3n) is 2.38. The van der Waals surface area contributed by atoms with Crippen LogP contribution in [0.25, 0.3) is 0 Å². The maximum atomic E-state index is 12.1. The lowest BCUT2D eigenvalue weighted by atomic mass is 10.1. The van der Waals surface area contributed by atoms with Crippen molar-refractivity contribution < 1.29 is 0 Å². The van der Waals surface area contributed by atoms with Crippen molar-refractivity contribution in [1.82, 2.24) is 9.55 Å². The molecular formula is C12H21N3OS. The second kappa shape index (κ2) is 6.10. The fraction of sp³-hybridized carbons (Fsp3) is 0.667. The minimum Gasteiger partial charge on any atom is -0.365 e. The Morgan fingerprint density at radius 1 is 1.47 bits per heavy atom. The molecule has 0 aromatic carbocycles.